The molecule has 2 amide bonds. The van der Waals surface area contributed by atoms with Crippen LogP contribution in [0.25, 0.3) is 11.4 Å². The fourth-order valence-electron chi connectivity index (χ4n) is 2.89. The summed E-state index contributed by atoms with van der Waals surface area (Å²) in [5.74, 6) is 1.05. The topological polar surface area (TPSA) is 91.5 Å². The number of rotatable bonds is 4. The van der Waals surface area contributed by atoms with Crippen LogP contribution in [0.5, 0.6) is 0 Å². The minimum Gasteiger partial charge on any atom is -0.396 e. The number of nitrogens with zero attached hydrogens (tertiary/aromatic N) is 3. The van der Waals surface area contributed by atoms with Crippen LogP contribution < -0.4 is 5.32 Å². The number of nitrogens with one attached hydrogen (secondary N) is 1. The third-order valence-corrected chi connectivity index (χ3v) is 4.20. The minimum absolute atomic E-state index is 0.118. The van der Waals surface area contributed by atoms with Gasteiger partial charge in [-0.25, -0.2) is 4.79 Å². The summed E-state index contributed by atoms with van der Waals surface area (Å²) < 4.78 is 5.20. The maximum absolute atomic E-state index is 12.2. The average molecular weight is 330 g/mol. The highest BCUT2D eigenvalue weighted by molar-refractivity contribution is 5.74. The summed E-state index contributed by atoms with van der Waals surface area (Å²) in [6, 6.07) is 7.68. The first kappa shape index (κ1) is 16.4. The molecule has 1 aromatic heterocycles. The maximum Gasteiger partial charge on any atom is 0.317 e. The van der Waals surface area contributed by atoms with Gasteiger partial charge in [-0.2, -0.15) is 4.98 Å². The first-order chi connectivity index (χ1) is 11.7. The molecule has 0 bridgehead atoms. The number of piperidine rings is 1. The van der Waals surface area contributed by atoms with Gasteiger partial charge >= 0.3 is 6.03 Å². The largest absolute Gasteiger partial charge is 0.396 e. The molecule has 1 aliphatic heterocycles. The van der Waals surface area contributed by atoms with Gasteiger partial charge in [0.2, 0.25) is 11.7 Å². The molecule has 128 valence electrons. The molecule has 0 spiro atoms. The lowest BCUT2D eigenvalue weighted by molar-refractivity contribution is 0.129. The van der Waals surface area contributed by atoms with E-state index in [0.717, 1.165) is 24.0 Å². The van der Waals surface area contributed by atoms with Crippen LogP contribution in [0, 0.1) is 12.8 Å². The van der Waals surface area contributed by atoms with E-state index in [1.165, 1.54) is 0 Å². The van der Waals surface area contributed by atoms with Gasteiger partial charge in [0.15, 0.2) is 0 Å². The summed E-state index contributed by atoms with van der Waals surface area (Å²) in [7, 11) is 0. The highest BCUT2D eigenvalue weighted by Gasteiger charge is 2.23. The van der Waals surface area contributed by atoms with Crippen molar-refractivity contribution < 1.29 is 14.4 Å². The van der Waals surface area contributed by atoms with Gasteiger partial charge in [0, 0.05) is 25.3 Å². The number of aliphatic hydroxyl groups excluding tert-OH is 1. The second kappa shape index (κ2) is 7.44. The van der Waals surface area contributed by atoms with E-state index in [9.17, 15) is 9.90 Å². The molecule has 2 heterocycles. The molecular weight excluding hydrogens is 308 g/mol. The van der Waals surface area contributed by atoms with E-state index in [2.05, 4.69) is 15.5 Å². The molecule has 7 nitrogen and oxygen atoms in total. The molecule has 0 aliphatic carbocycles. The Bertz CT molecular complexity index is 701. The molecule has 1 atom stereocenters. The van der Waals surface area contributed by atoms with Crippen molar-refractivity contribution in [3.8, 4) is 11.4 Å². The van der Waals surface area contributed by atoms with Gasteiger partial charge in [0.25, 0.3) is 0 Å². The third-order valence-electron chi connectivity index (χ3n) is 4.20. The summed E-state index contributed by atoms with van der Waals surface area (Å²) in [6.45, 7) is 3.61. The molecule has 7 heteroatoms. The minimum atomic E-state index is -0.163. The second-order valence-electron chi connectivity index (χ2n) is 6.18. The van der Waals surface area contributed by atoms with Gasteiger partial charge in [-0.3, -0.25) is 0 Å². The van der Waals surface area contributed by atoms with E-state index in [0.29, 0.717) is 24.8 Å². The number of carbonyl (C=O) groups excluding carboxylic acids is 1. The molecule has 24 heavy (non-hydrogen) atoms. The fourth-order valence-corrected chi connectivity index (χ4v) is 2.89. The van der Waals surface area contributed by atoms with Gasteiger partial charge in [-0.1, -0.05) is 28.9 Å². The average Bonchev–Trinajstić information content (AvgIpc) is 3.09. The highest BCUT2D eigenvalue weighted by Crippen LogP contribution is 2.17. The second-order valence-corrected chi connectivity index (χ2v) is 6.18. The van der Waals surface area contributed by atoms with Gasteiger partial charge < -0.3 is 19.8 Å². The fraction of sp³-hybridized carbons (Fsp3) is 0.471. The standard InChI is InChI=1S/C17H22N4O3/c1-12-4-2-6-14(8-12)16-19-15(24-20-16)9-18-17(23)21-7-3-5-13(10-21)11-22/h2,4,6,8,13,22H,3,5,7,9-11H2,1H3,(H,18,23)/t13-/m0/s1. The lowest BCUT2D eigenvalue weighted by Crippen LogP contribution is -2.45. The third kappa shape index (κ3) is 3.91. The Kier molecular flexibility index (Phi) is 5.10. The molecule has 0 radical (unpaired) electrons. The zero-order valence-electron chi connectivity index (χ0n) is 13.7. The normalized spacial score (nSPS) is 17.8. The van der Waals surface area contributed by atoms with Crippen molar-refractivity contribution in [3.63, 3.8) is 0 Å². The summed E-state index contributed by atoms with van der Waals surface area (Å²) in [5.41, 5.74) is 2.01. The Morgan fingerprint density at radius 3 is 3.17 bits per heavy atom. The predicted octanol–water partition coefficient (Wildman–Crippen LogP) is 1.96. The molecular formula is C17H22N4O3. The summed E-state index contributed by atoms with van der Waals surface area (Å²) in [4.78, 5) is 18.2. The number of hydrogen-bond donors (Lipinski definition) is 2. The number of aliphatic hydroxyl groups is 1. The number of urea groups is 1. The monoisotopic (exact) mass is 330 g/mol. The number of aryl methyl sites for hydroxylation is 1. The van der Waals surface area contributed by atoms with Crippen molar-refractivity contribution in [2.75, 3.05) is 19.7 Å². The first-order valence-electron chi connectivity index (χ1n) is 8.19. The summed E-state index contributed by atoms with van der Waals surface area (Å²) >= 11 is 0. The van der Waals surface area contributed by atoms with E-state index in [1.54, 1.807) is 4.90 Å². The molecule has 0 saturated carbocycles. The zero-order valence-corrected chi connectivity index (χ0v) is 13.7. The van der Waals surface area contributed by atoms with E-state index in [4.69, 9.17) is 4.52 Å². The quantitative estimate of drug-likeness (QED) is 0.894. The highest BCUT2D eigenvalue weighted by atomic mass is 16.5. The van der Waals surface area contributed by atoms with Crippen molar-refractivity contribution in [3.05, 3.63) is 35.7 Å². The Hall–Kier alpha value is -2.41. The Morgan fingerprint density at radius 1 is 1.50 bits per heavy atom. The van der Waals surface area contributed by atoms with Crippen LogP contribution in [0.4, 0.5) is 4.79 Å². The Balaban J connectivity index is 1.56. The lowest BCUT2D eigenvalue weighted by atomic mass is 9.99. The van der Waals surface area contributed by atoms with Gasteiger partial charge in [-0.05, 0) is 31.7 Å². The van der Waals surface area contributed by atoms with E-state index < -0.39 is 0 Å². The van der Waals surface area contributed by atoms with Crippen molar-refractivity contribution in [2.45, 2.75) is 26.3 Å². The number of hydrogen-bond acceptors (Lipinski definition) is 5. The van der Waals surface area contributed by atoms with Crippen LogP contribution in [0.1, 0.15) is 24.3 Å². The molecule has 2 aromatic rings. The molecule has 1 fully saturated rings. The SMILES string of the molecule is Cc1cccc(-c2noc(CNC(=O)N3CCC[C@H](CO)C3)n2)c1. The molecule has 3 rings (SSSR count). The van der Waals surface area contributed by atoms with E-state index in [1.807, 2.05) is 31.2 Å². The number of aromatic nitrogens is 2. The van der Waals surface area contributed by atoms with Crippen molar-refractivity contribution >= 4 is 6.03 Å². The molecule has 1 saturated heterocycles. The van der Waals surface area contributed by atoms with Crippen molar-refractivity contribution in [1.82, 2.24) is 20.4 Å². The van der Waals surface area contributed by atoms with E-state index >= 15 is 0 Å². The molecule has 1 aliphatic rings. The number of benzene rings is 1. The van der Waals surface area contributed by atoms with Gasteiger partial charge in [0.05, 0.1) is 6.54 Å². The number of amides is 2. The maximum atomic E-state index is 12.2. The number of carbonyl (C=O) groups is 1. The van der Waals surface area contributed by atoms with Crippen LogP contribution in [0.2, 0.25) is 0 Å². The summed E-state index contributed by atoms with van der Waals surface area (Å²) in [6.07, 6.45) is 1.88. The lowest BCUT2D eigenvalue weighted by Gasteiger charge is -2.31. The van der Waals surface area contributed by atoms with E-state index in [-0.39, 0.29) is 25.1 Å². The van der Waals surface area contributed by atoms with Crippen LogP contribution in [-0.2, 0) is 6.54 Å². The van der Waals surface area contributed by atoms with Crippen LogP contribution >= 0.6 is 0 Å². The molecule has 0 unspecified atom stereocenters. The molecule has 2 N–H and O–H groups in total. The van der Waals surface area contributed by atoms with Crippen molar-refractivity contribution in [2.24, 2.45) is 5.92 Å². The van der Waals surface area contributed by atoms with Crippen LogP contribution in [0.15, 0.2) is 28.8 Å². The van der Waals surface area contributed by atoms with Gasteiger partial charge in [-0.15, -0.1) is 0 Å². The molecule has 1 aromatic carbocycles. The van der Waals surface area contributed by atoms with Crippen molar-refractivity contribution in [1.29, 1.82) is 0 Å². The first-order valence-corrected chi connectivity index (χ1v) is 8.19. The Labute approximate surface area is 140 Å². The van der Waals surface area contributed by atoms with Gasteiger partial charge in [0.1, 0.15) is 0 Å². The van der Waals surface area contributed by atoms with Crippen LogP contribution in [-0.4, -0.2) is 45.9 Å². The van der Waals surface area contributed by atoms with Crippen LogP contribution in [0.3, 0.4) is 0 Å². The summed E-state index contributed by atoms with van der Waals surface area (Å²) in [5, 5.41) is 16.0. The Morgan fingerprint density at radius 2 is 2.38 bits per heavy atom. The smallest absolute Gasteiger partial charge is 0.317 e. The number of likely N-dealkylation sites (tertiary alicyclic amines) is 1. The predicted molar refractivity (Wildman–Crippen MR) is 88.1 cm³/mol. The zero-order chi connectivity index (χ0) is 16.9.